The molecule has 0 spiro atoms. The molecule has 31 heavy (non-hydrogen) atoms. The predicted molar refractivity (Wildman–Crippen MR) is 115 cm³/mol. The maximum Gasteiger partial charge on any atom is 0.313 e. The molecule has 164 valence electrons. The standard InChI is InChI=1S/C23H26F2N4O2/c1-28-11-8-16-12-15(4-7-20(16)28)21(29-9-2-3-10-29)14-26-22(30)23(31)27-19-13-17(24)5-6-18(19)25/h4-7,12-13,21H,2-3,8-11,14H2,1H3,(H,26,30)(H,27,31)/t21-/m1/s1. The number of halogens is 2. The molecule has 1 saturated heterocycles. The smallest absolute Gasteiger partial charge is 0.313 e. The summed E-state index contributed by atoms with van der Waals surface area (Å²) in [5.74, 6) is -3.41. The number of nitrogens with one attached hydrogen (secondary N) is 2. The van der Waals surface area contributed by atoms with E-state index in [2.05, 4.69) is 45.7 Å². The van der Waals surface area contributed by atoms with Gasteiger partial charge in [0.15, 0.2) is 0 Å². The molecular weight excluding hydrogens is 402 g/mol. The first-order chi connectivity index (χ1) is 14.9. The summed E-state index contributed by atoms with van der Waals surface area (Å²) in [4.78, 5) is 29.1. The molecule has 2 amide bonds. The van der Waals surface area contributed by atoms with Crippen LogP contribution < -0.4 is 15.5 Å². The third kappa shape index (κ3) is 4.69. The molecule has 0 aliphatic carbocycles. The Morgan fingerprint density at radius 2 is 1.81 bits per heavy atom. The molecule has 4 rings (SSSR count). The van der Waals surface area contributed by atoms with Gasteiger partial charge in [0.1, 0.15) is 11.6 Å². The van der Waals surface area contributed by atoms with Gasteiger partial charge in [0.25, 0.3) is 0 Å². The van der Waals surface area contributed by atoms with Gasteiger partial charge in [-0.05, 0) is 61.7 Å². The summed E-state index contributed by atoms with van der Waals surface area (Å²) in [6, 6.07) is 9.02. The van der Waals surface area contributed by atoms with Crippen molar-refractivity contribution in [2.45, 2.75) is 25.3 Å². The van der Waals surface area contributed by atoms with Gasteiger partial charge in [-0.25, -0.2) is 8.78 Å². The van der Waals surface area contributed by atoms with Crippen LogP contribution in [-0.4, -0.2) is 49.9 Å². The number of likely N-dealkylation sites (tertiary alicyclic amines) is 1. The lowest BCUT2D eigenvalue weighted by atomic mass is 10.0. The molecule has 2 heterocycles. The van der Waals surface area contributed by atoms with Gasteiger partial charge < -0.3 is 15.5 Å². The van der Waals surface area contributed by atoms with Crippen molar-refractivity contribution >= 4 is 23.2 Å². The molecular formula is C23H26F2N4O2. The number of likely N-dealkylation sites (N-methyl/N-ethyl adjacent to an activating group) is 1. The zero-order chi connectivity index (χ0) is 22.0. The van der Waals surface area contributed by atoms with E-state index in [4.69, 9.17) is 0 Å². The van der Waals surface area contributed by atoms with Crippen LogP contribution >= 0.6 is 0 Å². The van der Waals surface area contributed by atoms with Gasteiger partial charge in [0, 0.05) is 31.9 Å². The highest BCUT2D eigenvalue weighted by Gasteiger charge is 2.27. The summed E-state index contributed by atoms with van der Waals surface area (Å²) in [6.07, 6.45) is 3.18. The summed E-state index contributed by atoms with van der Waals surface area (Å²) in [5.41, 5.74) is 3.26. The van der Waals surface area contributed by atoms with Crippen molar-refractivity contribution in [3.63, 3.8) is 0 Å². The normalized spacial score (nSPS) is 16.8. The monoisotopic (exact) mass is 428 g/mol. The predicted octanol–water partition coefficient (Wildman–Crippen LogP) is 2.85. The SMILES string of the molecule is CN1CCc2cc([C@@H](CNC(=O)C(=O)Nc3cc(F)ccc3F)N3CCCC3)ccc21. The average molecular weight is 428 g/mol. The molecule has 2 aliphatic rings. The van der Waals surface area contributed by atoms with E-state index in [0.29, 0.717) is 0 Å². The lowest BCUT2D eigenvalue weighted by Gasteiger charge is -2.28. The Morgan fingerprint density at radius 3 is 2.58 bits per heavy atom. The molecule has 2 aliphatic heterocycles. The molecule has 0 aromatic heterocycles. The number of amides is 2. The van der Waals surface area contributed by atoms with Gasteiger partial charge in [-0.2, -0.15) is 0 Å². The second-order valence-electron chi connectivity index (χ2n) is 8.11. The first-order valence-electron chi connectivity index (χ1n) is 10.5. The first kappa shape index (κ1) is 21.2. The third-order valence-electron chi connectivity index (χ3n) is 6.04. The maximum atomic E-state index is 13.7. The van der Waals surface area contributed by atoms with E-state index >= 15 is 0 Å². The molecule has 0 radical (unpaired) electrons. The first-order valence-corrected chi connectivity index (χ1v) is 10.5. The highest BCUT2D eigenvalue weighted by atomic mass is 19.1. The number of carbonyl (C=O) groups excluding carboxylic acids is 2. The summed E-state index contributed by atoms with van der Waals surface area (Å²) < 4.78 is 27.1. The van der Waals surface area contributed by atoms with E-state index in [1.165, 1.54) is 11.3 Å². The van der Waals surface area contributed by atoms with Gasteiger partial charge in [0.2, 0.25) is 0 Å². The maximum absolute atomic E-state index is 13.7. The van der Waals surface area contributed by atoms with Crippen LogP contribution in [0, 0.1) is 11.6 Å². The van der Waals surface area contributed by atoms with E-state index < -0.39 is 23.4 Å². The van der Waals surface area contributed by atoms with Crippen molar-refractivity contribution in [1.82, 2.24) is 10.2 Å². The zero-order valence-electron chi connectivity index (χ0n) is 17.5. The van der Waals surface area contributed by atoms with E-state index in [0.717, 1.165) is 62.7 Å². The Labute approximate surface area is 180 Å². The van der Waals surface area contributed by atoms with Gasteiger partial charge in [-0.3, -0.25) is 14.5 Å². The second-order valence-corrected chi connectivity index (χ2v) is 8.11. The topological polar surface area (TPSA) is 64.7 Å². The van der Waals surface area contributed by atoms with Crippen molar-refractivity contribution in [3.8, 4) is 0 Å². The highest BCUT2D eigenvalue weighted by molar-refractivity contribution is 6.39. The van der Waals surface area contributed by atoms with Crippen molar-refractivity contribution in [2.75, 3.05) is 43.4 Å². The van der Waals surface area contributed by atoms with Crippen LogP contribution in [0.4, 0.5) is 20.2 Å². The Hall–Kier alpha value is -3.00. The van der Waals surface area contributed by atoms with Gasteiger partial charge in [0.05, 0.1) is 11.7 Å². The second kappa shape index (κ2) is 9.01. The summed E-state index contributed by atoms with van der Waals surface area (Å²) in [7, 11) is 2.07. The van der Waals surface area contributed by atoms with Crippen molar-refractivity contribution in [2.24, 2.45) is 0 Å². The van der Waals surface area contributed by atoms with E-state index in [-0.39, 0.29) is 18.3 Å². The lowest BCUT2D eigenvalue weighted by Crippen LogP contribution is -2.41. The number of carbonyl (C=O) groups is 2. The molecule has 0 bridgehead atoms. The molecule has 2 aromatic carbocycles. The number of anilines is 2. The number of rotatable bonds is 5. The molecule has 1 fully saturated rings. The van der Waals surface area contributed by atoms with E-state index in [9.17, 15) is 18.4 Å². The number of nitrogens with zero attached hydrogens (tertiary/aromatic N) is 2. The van der Waals surface area contributed by atoms with Crippen molar-refractivity contribution in [1.29, 1.82) is 0 Å². The third-order valence-corrected chi connectivity index (χ3v) is 6.04. The van der Waals surface area contributed by atoms with Gasteiger partial charge in [-0.15, -0.1) is 0 Å². The number of hydrogen-bond donors (Lipinski definition) is 2. The fourth-order valence-corrected chi connectivity index (χ4v) is 4.35. The lowest BCUT2D eigenvalue weighted by molar-refractivity contribution is -0.136. The van der Waals surface area contributed by atoms with Crippen LogP contribution in [0.2, 0.25) is 0 Å². The molecule has 0 saturated carbocycles. The Kier molecular flexibility index (Phi) is 6.18. The number of benzene rings is 2. The minimum absolute atomic E-state index is 0.0543. The summed E-state index contributed by atoms with van der Waals surface area (Å²) in [6.45, 7) is 3.10. The summed E-state index contributed by atoms with van der Waals surface area (Å²) >= 11 is 0. The van der Waals surface area contributed by atoms with Crippen LogP contribution in [0.5, 0.6) is 0 Å². The minimum atomic E-state index is -1.03. The quantitative estimate of drug-likeness (QED) is 0.719. The minimum Gasteiger partial charge on any atom is -0.374 e. The molecule has 6 nitrogen and oxygen atoms in total. The molecule has 2 aromatic rings. The Balaban J connectivity index is 1.45. The van der Waals surface area contributed by atoms with Crippen molar-refractivity contribution in [3.05, 3.63) is 59.2 Å². The number of fused-ring (bicyclic) bond motifs is 1. The van der Waals surface area contributed by atoms with Crippen LogP contribution in [0.25, 0.3) is 0 Å². The fraction of sp³-hybridized carbons (Fsp3) is 0.391. The average Bonchev–Trinajstić information content (AvgIpc) is 3.41. The fourth-order valence-electron chi connectivity index (χ4n) is 4.35. The van der Waals surface area contributed by atoms with Crippen LogP contribution in [0.3, 0.4) is 0 Å². The van der Waals surface area contributed by atoms with Crippen LogP contribution in [0.1, 0.15) is 30.0 Å². The largest absolute Gasteiger partial charge is 0.374 e. The summed E-state index contributed by atoms with van der Waals surface area (Å²) in [5, 5.41) is 4.81. The van der Waals surface area contributed by atoms with Crippen molar-refractivity contribution < 1.29 is 18.4 Å². The zero-order valence-corrected chi connectivity index (χ0v) is 17.5. The van der Waals surface area contributed by atoms with Gasteiger partial charge in [-0.1, -0.05) is 12.1 Å². The van der Waals surface area contributed by atoms with Crippen LogP contribution in [0.15, 0.2) is 36.4 Å². The van der Waals surface area contributed by atoms with E-state index in [1.54, 1.807) is 0 Å². The molecule has 2 N–H and O–H groups in total. The number of hydrogen-bond acceptors (Lipinski definition) is 4. The Bertz CT molecular complexity index is 992. The molecule has 0 unspecified atom stereocenters. The Morgan fingerprint density at radius 1 is 1.03 bits per heavy atom. The van der Waals surface area contributed by atoms with Crippen LogP contribution in [-0.2, 0) is 16.0 Å². The molecule has 8 heteroatoms. The molecule has 1 atom stereocenters. The van der Waals surface area contributed by atoms with E-state index in [1.807, 2.05) is 0 Å². The van der Waals surface area contributed by atoms with Gasteiger partial charge >= 0.3 is 11.8 Å². The highest BCUT2D eigenvalue weighted by Crippen LogP contribution is 2.32.